The predicted molar refractivity (Wildman–Crippen MR) is 140 cm³/mol. The van der Waals surface area contributed by atoms with Crippen molar-refractivity contribution in [2.45, 2.75) is 6.92 Å². The maximum absolute atomic E-state index is 4.92. The van der Waals surface area contributed by atoms with Gasteiger partial charge in [0.2, 0.25) is 0 Å². The molecule has 6 aromatic carbocycles. The van der Waals surface area contributed by atoms with Gasteiger partial charge in [-0.3, -0.25) is 0 Å². The van der Waals surface area contributed by atoms with E-state index in [-0.39, 0.29) is 0 Å². The summed E-state index contributed by atoms with van der Waals surface area (Å²) in [6, 6.07) is 36.9. The van der Waals surface area contributed by atoms with Gasteiger partial charge < -0.3 is 0 Å². The van der Waals surface area contributed by atoms with E-state index in [0.717, 1.165) is 28.0 Å². The summed E-state index contributed by atoms with van der Waals surface area (Å²) in [4.78, 5) is 9.75. The van der Waals surface area contributed by atoms with Crippen LogP contribution in [0.3, 0.4) is 0 Å². The molecule has 0 spiro atoms. The van der Waals surface area contributed by atoms with Gasteiger partial charge in [-0.15, -0.1) is 0 Å². The summed E-state index contributed by atoms with van der Waals surface area (Å²) >= 11 is 0. The van der Waals surface area contributed by atoms with Gasteiger partial charge in [-0.25, -0.2) is 9.97 Å². The molecule has 0 atom stereocenters. The highest BCUT2D eigenvalue weighted by atomic mass is 14.9. The number of fused-ring (bicyclic) bond motifs is 9. The van der Waals surface area contributed by atoms with Gasteiger partial charge in [0.1, 0.15) is 5.82 Å². The van der Waals surface area contributed by atoms with E-state index in [2.05, 4.69) is 103 Å². The van der Waals surface area contributed by atoms with Gasteiger partial charge in [0.05, 0.1) is 11.2 Å². The van der Waals surface area contributed by atoms with Crippen molar-refractivity contribution in [3.63, 3.8) is 0 Å². The van der Waals surface area contributed by atoms with Crippen LogP contribution < -0.4 is 0 Å². The molecule has 0 radical (unpaired) electrons. The fourth-order valence-electron chi connectivity index (χ4n) is 5.25. The van der Waals surface area contributed by atoms with Crippen LogP contribution in [0.4, 0.5) is 0 Å². The molecule has 2 nitrogen and oxygen atoms in total. The second-order valence-corrected chi connectivity index (χ2v) is 8.65. The van der Waals surface area contributed by atoms with Crippen molar-refractivity contribution in [3.8, 4) is 11.3 Å². The van der Waals surface area contributed by atoms with E-state index in [1.54, 1.807) is 0 Å². The van der Waals surface area contributed by atoms with Crippen molar-refractivity contribution in [1.82, 2.24) is 9.97 Å². The van der Waals surface area contributed by atoms with Crippen LogP contribution in [0.1, 0.15) is 5.82 Å². The molecule has 0 N–H and O–H groups in total. The Morgan fingerprint density at radius 1 is 0.455 bits per heavy atom. The average Bonchev–Trinajstić information content (AvgIpc) is 2.88. The van der Waals surface area contributed by atoms with Crippen molar-refractivity contribution in [1.29, 1.82) is 0 Å². The summed E-state index contributed by atoms with van der Waals surface area (Å²) in [5.74, 6) is 0.789. The SMILES string of the molecule is Cc1nc(-c2ccc3c4ccccc4c4ccccc4c3c2)c2ccc3ccccc3c2n1. The monoisotopic (exact) mass is 420 g/mol. The van der Waals surface area contributed by atoms with E-state index < -0.39 is 0 Å². The van der Waals surface area contributed by atoms with Crippen LogP contribution in [-0.2, 0) is 0 Å². The molecule has 33 heavy (non-hydrogen) atoms. The predicted octanol–water partition coefficient (Wildman–Crippen LogP) is 8.22. The van der Waals surface area contributed by atoms with Crippen molar-refractivity contribution in [3.05, 3.63) is 109 Å². The molecule has 0 aliphatic rings. The second-order valence-electron chi connectivity index (χ2n) is 8.65. The lowest BCUT2D eigenvalue weighted by Crippen LogP contribution is -1.95. The standard InChI is InChI=1S/C31H20N2/c1-19-32-30(28-17-14-20-8-2-3-9-22(20)31(28)33-19)21-15-16-27-25-12-5-4-10-23(25)24-11-6-7-13-26(24)29(27)18-21/h2-18H,1H3. The van der Waals surface area contributed by atoms with Gasteiger partial charge in [0.25, 0.3) is 0 Å². The highest BCUT2D eigenvalue weighted by Crippen LogP contribution is 2.38. The van der Waals surface area contributed by atoms with E-state index in [1.807, 2.05) is 6.92 Å². The smallest absolute Gasteiger partial charge is 0.126 e. The second kappa shape index (κ2) is 6.85. The Morgan fingerprint density at radius 3 is 1.70 bits per heavy atom. The third-order valence-corrected chi connectivity index (χ3v) is 6.72. The quantitative estimate of drug-likeness (QED) is 0.250. The first-order chi connectivity index (χ1) is 16.3. The number of aryl methyl sites for hydroxylation is 1. The Balaban J connectivity index is 1.60. The first-order valence-electron chi connectivity index (χ1n) is 11.3. The Labute approximate surface area is 191 Å². The Bertz CT molecular complexity index is 1850. The van der Waals surface area contributed by atoms with Crippen molar-refractivity contribution < 1.29 is 0 Å². The third-order valence-electron chi connectivity index (χ3n) is 6.72. The molecule has 0 amide bonds. The average molecular weight is 421 g/mol. The summed E-state index contributed by atoms with van der Waals surface area (Å²) in [5, 5.41) is 11.1. The zero-order chi connectivity index (χ0) is 21.9. The van der Waals surface area contributed by atoms with Gasteiger partial charge in [-0.05, 0) is 56.8 Å². The first kappa shape index (κ1) is 18.3. The van der Waals surface area contributed by atoms with Crippen LogP contribution in [0.15, 0.2) is 103 Å². The zero-order valence-electron chi connectivity index (χ0n) is 18.2. The van der Waals surface area contributed by atoms with Gasteiger partial charge >= 0.3 is 0 Å². The van der Waals surface area contributed by atoms with Gasteiger partial charge in [-0.2, -0.15) is 0 Å². The molecule has 1 aromatic heterocycles. The lowest BCUT2D eigenvalue weighted by Gasteiger charge is -2.13. The van der Waals surface area contributed by atoms with Crippen molar-refractivity contribution in [2.75, 3.05) is 0 Å². The topological polar surface area (TPSA) is 25.8 Å². The Morgan fingerprint density at radius 2 is 1.00 bits per heavy atom. The molecule has 7 aromatic rings. The maximum Gasteiger partial charge on any atom is 0.126 e. The molecule has 154 valence electrons. The van der Waals surface area contributed by atoms with Gasteiger partial charge in [0, 0.05) is 16.3 Å². The maximum atomic E-state index is 4.92. The molecule has 0 unspecified atom stereocenters. The highest BCUT2D eigenvalue weighted by Gasteiger charge is 2.14. The minimum atomic E-state index is 0.789. The summed E-state index contributed by atoms with van der Waals surface area (Å²) in [5.41, 5.74) is 3.12. The lowest BCUT2D eigenvalue weighted by atomic mass is 9.92. The van der Waals surface area contributed by atoms with E-state index in [0.29, 0.717) is 0 Å². The van der Waals surface area contributed by atoms with Crippen LogP contribution in [0, 0.1) is 6.92 Å². The number of aromatic nitrogens is 2. The van der Waals surface area contributed by atoms with Crippen LogP contribution in [0.2, 0.25) is 0 Å². The molecule has 0 saturated carbocycles. The number of benzene rings is 6. The summed E-state index contributed by atoms with van der Waals surface area (Å²) in [7, 11) is 0. The largest absolute Gasteiger partial charge is 0.233 e. The Kier molecular flexibility index (Phi) is 3.80. The van der Waals surface area contributed by atoms with E-state index in [9.17, 15) is 0 Å². The van der Waals surface area contributed by atoms with Crippen LogP contribution in [-0.4, -0.2) is 9.97 Å². The van der Waals surface area contributed by atoms with Crippen LogP contribution >= 0.6 is 0 Å². The van der Waals surface area contributed by atoms with E-state index in [1.165, 1.54) is 43.1 Å². The minimum Gasteiger partial charge on any atom is -0.233 e. The van der Waals surface area contributed by atoms with Gasteiger partial charge in [-0.1, -0.05) is 91.0 Å². The van der Waals surface area contributed by atoms with Crippen LogP contribution in [0.25, 0.3) is 65.3 Å². The summed E-state index contributed by atoms with van der Waals surface area (Å²) < 4.78 is 0. The number of rotatable bonds is 1. The van der Waals surface area contributed by atoms with Crippen LogP contribution in [0.5, 0.6) is 0 Å². The molecule has 0 bridgehead atoms. The molecule has 7 rings (SSSR count). The first-order valence-corrected chi connectivity index (χ1v) is 11.3. The highest BCUT2D eigenvalue weighted by molar-refractivity contribution is 6.26. The molecular weight excluding hydrogens is 400 g/mol. The van der Waals surface area contributed by atoms with Crippen molar-refractivity contribution in [2.24, 2.45) is 0 Å². The Hall–Kier alpha value is -4.30. The third kappa shape index (κ3) is 2.68. The normalized spacial score (nSPS) is 11.8. The zero-order valence-corrected chi connectivity index (χ0v) is 18.2. The molecule has 0 aliphatic heterocycles. The number of hydrogen-bond donors (Lipinski definition) is 0. The van der Waals surface area contributed by atoms with E-state index in [4.69, 9.17) is 9.97 Å². The molecule has 0 aliphatic carbocycles. The van der Waals surface area contributed by atoms with Gasteiger partial charge in [0.15, 0.2) is 0 Å². The molecular formula is C31H20N2. The summed E-state index contributed by atoms with van der Waals surface area (Å²) in [6.45, 7) is 1.98. The lowest BCUT2D eigenvalue weighted by molar-refractivity contribution is 1.10. The molecule has 1 heterocycles. The molecule has 0 fully saturated rings. The number of nitrogens with zero attached hydrogens (tertiary/aromatic N) is 2. The van der Waals surface area contributed by atoms with E-state index >= 15 is 0 Å². The number of hydrogen-bond acceptors (Lipinski definition) is 2. The molecule has 2 heteroatoms. The summed E-state index contributed by atoms with van der Waals surface area (Å²) in [6.07, 6.45) is 0. The van der Waals surface area contributed by atoms with Crippen molar-refractivity contribution >= 4 is 54.0 Å². The minimum absolute atomic E-state index is 0.789. The molecule has 0 saturated heterocycles. The fourth-order valence-corrected chi connectivity index (χ4v) is 5.25. The fraction of sp³-hybridized carbons (Fsp3) is 0.0323.